The molecule has 1 radical (unpaired) electrons. The molecule has 1 atom stereocenters. The smallest absolute Gasteiger partial charge is 0.209 e. The first-order valence-corrected chi connectivity index (χ1v) is 4.73. The van der Waals surface area contributed by atoms with Crippen molar-refractivity contribution in [3.05, 3.63) is 12.7 Å². The van der Waals surface area contributed by atoms with Gasteiger partial charge in [-0.25, -0.2) is 0 Å². The molecule has 2 heteroatoms. The lowest BCUT2D eigenvalue weighted by Crippen LogP contribution is -2.11. The van der Waals surface area contributed by atoms with Crippen LogP contribution in [0.5, 0.6) is 0 Å². The van der Waals surface area contributed by atoms with E-state index in [1.54, 1.807) is 13.2 Å². The van der Waals surface area contributed by atoms with Gasteiger partial charge in [-0.1, -0.05) is 12.5 Å². The van der Waals surface area contributed by atoms with E-state index in [0.717, 1.165) is 25.7 Å². The van der Waals surface area contributed by atoms with Crippen LogP contribution in [0.1, 0.15) is 39.0 Å². The Morgan fingerprint density at radius 1 is 1.46 bits per heavy atom. The number of carbonyl (C=O) groups excluding carboxylic acids is 2. The molecule has 0 aliphatic carbocycles. The summed E-state index contributed by atoms with van der Waals surface area (Å²) in [6.07, 6.45) is 8.07. The number of carbonyl (C=O) groups is 1. The van der Waals surface area contributed by atoms with Crippen molar-refractivity contribution in [3.8, 4) is 0 Å². The Morgan fingerprint density at radius 3 is 2.69 bits per heavy atom. The van der Waals surface area contributed by atoms with Crippen LogP contribution in [0.15, 0.2) is 12.7 Å². The third-order valence-electron chi connectivity index (χ3n) is 1.99. The van der Waals surface area contributed by atoms with Gasteiger partial charge in [-0.2, -0.15) is 0 Å². The fourth-order valence-corrected chi connectivity index (χ4v) is 1.05. The van der Waals surface area contributed by atoms with E-state index in [1.807, 2.05) is 6.08 Å². The maximum Gasteiger partial charge on any atom is 0.209 e. The lowest BCUT2D eigenvalue weighted by molar-refractivity contribution is -0.120. The van der Waals surface area contributed by atoms with Gasteiger partial charge in [0.25, 0.3) is 0 Å². The van der Waals surface area contributed by atoms with Crippen molar-refractivity contribution in [2.45, 2.75) is 39.0 Å². The van der Waals surface area contributed by atoms with Crippen LogP contribution >= 0.6 is 0 Å². The predicted octanol–water partition coefficient (Wildman–Crippen LogP) is 2.44. The monoisotopic (exact) mass is 181 g/mol. The first-order valence-electron chi connectivity index (χ1n) is 4.73. The van der Waals surface area contributed by atoms with Gasteiger partial charge in [0.05, 0.1) is 5.92 Å². The molecule has 0 aromatic carbocycles. The quantitative estimate of drug-likeness (QED) is 0.327. The van der Waals surface area contributed by atoms with E-state index in [4.69, 9.17) is 0 Å². The van der Waals surface area contributed by atoms with Gasteiger partial charge in [-0.05, 0) is 26.2 Å². The van der Waals surface area contributed by atoms with Crippen molar-refractivity contribution in [3.63, 3.8) is 0 Å². The van der Waals surface area contributed by atoms with E-state index in [-0.39, 0.29) is 5.78 Å². The van der Waals surface area contributed by atoms with Crippen molar-refractivity contribution < 1.29 is 9.59 Å². The van der Waals surface area contributed by atoms with Crippen molar-refractivity contribution in [1.29, 1.82) is 0 Å². The average Bonchev–Trinajstić information content (AvgIpc) is 2.16. The molecule has 73 valence electrons. The fourth-order valence-electron chi connectivity index (χ4n) is 1.05. The minimum atomic E-state index is -0.542. The van der Waals surface area contributed by atoms with Gasteiger partial charge in [-0.15, -0.1) is 6.58 Å². The van der Waals surface area contributed by atoms with E-state index in [0.29, 0.717) is 6.42 Å². The van der Waals surface area contributed by atoms with Gasteiger partial charge >= 0.3 is 0 Å². The molecule has 0 aromatic heterocycles. The fraction of sp³-hybridized carbons (Fsp3) is 0.636. The van der Waals surface area contributed by atoms with Crippen LogP contribution in [-0.4, -0.2) is 12.1 Å². The summed E-state index contributed by atoms with van der Waals surface area (Å²) in [5.41, 5.74) is 0. The standard InChI is InChI=1S/C11H17O2/c1-3-4-5-6-7-8-11(13)10(2)9-12/h3,10H,1,4-8H2,2H3. The summed E-state index contributed by atoms with van der Waals surface area (Å²) in [5, 5.41) is 0. The molecule has 2 nitrogen and oxygen atoms in total. The van der Waals surface area contributed by atoms with Gasteiger partial charge in [0.2, 0.25) is 6.29 Å². The van der Waals surface area contributed by atoms with Gasteiger partial charge in [0, 0.05) is 6.42 Å². The number of ketones is 1. The molecular formula is C11H17O2. The third kappa shape index (κ3) is 6.26. The molecular weight excluding hydrogens is 164 g/mol. The highest BCUT2D eigenvalue weighted by atomic mass is 16.1. The molecule has 1 unspecified atom stereocenters. The molecule has 0 spiro atoms. The van der Waals surface area contributed by atoms with Crippen molar-refractivity contribution in [2.24, 2.45) is 5.92 Å². The highest BCUT2D eigenvalue weighted by Crippen LogP contribution is 2.06. The second-order valence-electron chi connectivity index (χ2n) is 3.19. The number of unbranched alkanes of at least 4 members (excludes halogenated alkanes) is 3. The minimum absolute atomic E-state index is 0.00797. The van der Waals surface area contributed by atoms with E-state index < -0.39 is 5.92 Å². The van der Waals surface area contributed by atoms with Crippen LogP contribution in [0.3, 0.4) is 0 Å². The second-order valence-corrected chi connectivity index (χ2v) is 3.19. The Labute approximate surface area is 80.0 Å². The van der Waals surface area contributed by atoms with Crippen molar-refractivity contribution in [1.82, 2.24) is 0 Å². The third-order valence-corrected chi connectivity index (χ3v) is 1.99. The van der Waals surface area contributed by atoms with E-state index >= 15 is 0 Å². The normalized spacial score (nSPS) is 12.1. The zero-order chi connectivity index (χ0) is 10.1. The number of hydrogen-bond donors (Lipinski definition) is 0. The summed E-state index contributed by atoms with van der Waals surface area (Å²) in [6.45, 7) is 5.21. The molecule has 0 saturated heterocycles. The molecule has 13 heavy (non-hydrogen) atoms. The molecule has 0 N–H and O–H groups in total. The molecule has 0 bridgehead atoms. The largest absolute Gasteiger partial charge is 0.299 e. The predicted molar refractivity (Wildman–Crippen MR) is 53.1 cm³/mol. The summed E-state index contributed by atoms with van der Waals surface area (Å²) in [7, 11) is 0. The summed E-state index contributed by atoms with van der Waals surface area (Å²) in [4.78, 5) is 21.2. The van der Waals surface area contributed by atoms with Crippen LogP contribution in [0, 0.1) is 5.92 Å². The number of rotatable bonds is 8. The van der Waals surface area contributed by atoms with Crippen LogP contribution in [0.2, 0.25) is 0 Å². The summed E-state index contributed by atoms with van der Waals surface area (Å²) >= 11 is 0. The highest BCUT2D eigenvalue weighted by Gasteiger charge is 2.11. The molecule has 0 heterocycles. The zero-order valence-electron chi connectivity index (χ0n) is 8.21. The minimum Gasteiger partial charge on any atom is -0.299 e. The lowest BCUT2D eigenvalue weighted by Gasteiger charge is -2.01. The molecule has 0 saturated carbocycles. The maximum atomic E-state index is 11.1. The zero-order valence-corrected chi connectivity index (χ0v) is 8.21. The van der Waals surface area contributed by atoms with Gasteiger partial charge in [0.1, 0.15) is 5.78 Å². The second kappa shape index (κ2) is 7.71. The van der Waals surface area contributed by atoms with E-state index in [1.165, 1.54) is 0 Å². The van der Waals surface area contributed by atoms with E-state index in [2.05, 4.69) is 6.58 Å². The number of hydrogen-bond acceptors (Lipinski definition) is 2. The first kappa shape index (κ1) is 12.1. The highest BCUT2D eigenvalue weighted by molar-refractivity contribution is 5.92. The first-order chi connectivity index (χ1) is 6.22. The Hall–Kier alpha value is -0.920. The van der Waals surface area contributed by atoms with E-state index in [9.17, 15) is 9.59 Å². The van der Waals surface area contributed by atoms with Crippen LogP contribution in [-0.2, 0) is 9.59 Å². The number of allylic oxidation sites excluding steroid dienone is 1. The summed E-state index contributed by atoms with van der Waals surface area (Å²) in [6, 6.07) is 0. The van der Waals surface area contributed by atoms with Crippen molar-refractivity contribution in [2.75, 3.05) is 0 Å². The molecule has 0 fully saturated rings. The molecule has 0 amide bonds. The van der Waals surface area contributed by atoms with Crippen LogP contribution in [0.4, 0.5) is 0 Å². The Bertz CT molecular complexity index is 173. The Balaban J connectivity index is 3.36. The topological polar surface area (TPSA) is 34.1 Å². The average molecular weight is 181 g/mol. The molecule has 0 aromatic rings. The Kier molecular flexibility index (Phi) is 7.17. The van der Waals surface area contributed by atoms with Gasteiger partial charge in [-0.3, -0.25) is 9.59 Å². The molecule has 0 rings (SSSR count). The van der Waals surface area contributed by atoms with Crippen LogP contribution < -0.4 is 0 Å². The summed E-state index contributed by atoms with van der Waals surface area (Å²) in [5.74, 6) is -0.534. The SMILES string of the molecule is C=CCCCCCC(=O)C(C)[C]=O. The number of Topliss-reactive ketones (excluding diaryl/α,β-unsaturated/α-hetero) is 1. The summed E-state index contributed by atoms with van der Waals surface area (Å²) < 4.78 is 0. The molecule has 0 aliphatic rings. The lowest BCUT2D eigenvalue weighted by atomic mass is 10.0. The van der Waals surface area contributed by atoms with Crippen molar-refractivity contribution >= 4 is 12.1 Å². The maximum absolute atomic E-state index is 11.1. The Morgan fingerprint density at radius 2 is 2.15 bits per heavy atom. The van der Waals surface area contributed by atoms with Gasteiger partial charge < -0.3 is 0 Å². The molecule has 0 aliphatic heterocycles. The van der Waals surface area contributed by atoms with Gasteiger partial charge in [0.15, 0.2) is 0 Å². The van der Waals surface area contributed by atoms with Crippen LogP contribution in [0.25, 0.3) is 0 Å².